The van der Waals surface area contributed by atoms with Crippen molar-refractivity contribution in [3.8, 4) is 17.4 Å². The van der Waals surface area contributed by atoms with Crippen molar-refractivity contribution in [2.45, 2.75) is 12.7 Å². The van der Waals surface area contributed by atoms with Gasteiger partial charge in [-0.3, -0.25) is 4.79 Å². The Morgan fingerprint density at radius 3 is 2.36 bits per heavy atom. The van der Waals surface area contributed by atoms with Gasteiger partial charge in [-0.25, -0.2) is 4.39 Å². The fraction of sp³-hybridized carbons (Fsp3) is 0.120. The summed E-state index contributed by atoms with van der Waals surface area (Å²) in [4.78, 5) is 24.8. The number of amides is 1. The first kappa shape index (κ1) is 24.6. The fourth-order valence-electron chi connectivity index (χ4n) is 3.08. The molecule has 0 radical (unpaired) electrons. The van der Waals surface area contributed by atoms with Gasteiger partial charge >= 0.3 is 12.2 Å². The Bertz CT molecular complexity index is 1330. The van der Waals surface area contributed by atoms with E-state index in [1.165, 1.54) is 18.2 Å². The van der Waals surface area contributed by atoms with Crippen LogP contribution in [0.5, 0.6) is 6.01 Å². The molecule has 11 heteroatoms. The number of halogens is 4. The van der Waals surface area contributed by atoms with E-state index < -0.39 is 24.6 Å². The second kappa shape index (κ2) is 10.8. The second-order valence-corrected chi connectivity index (χ2v) is 7.55. The molecule has 4 aromatic rings. The lowest BCUT2D eigenvalue weighted by Crippen LogP contribution is -2.20. The Kier molecular flexibility index (Phi) is 7.38. The van der Waals surface area contributed by atoms with Crippen molar-refractivity contribution in [3.63, 3.8) is 0 Å². The lowest BCUT2D eigenvalue weighted by Gasteiger charge is -2.12. The van der Waals surface area contributed by atoms with Crippen LogP contribution in [0.3, 0.4) is 0 Å². The van der Waals surface area contributed by atoms with Crippen LogP contribution < -0.4 is 15.4 Å². The molecule has 4 rings (SSSR count). The van der Waals surface area contributed by atoms with Gasteiger partial charge in [-0.1, -0.05) is 42.5 Å². The second-order valence-electron chi connectivity index (χ2n) is 7.55. The number of aromatic nitrogens is 3. The number of alkyl halides is 3. The summed E-state index contributed by atoms with van der Waals surface area (Å²) in [7, 11) is 0. The summed E-state index contributed by atoms with van der Waals surface area (Å²) in [6.07, 6.45) is -4.59. The van der Waals surface area contributed by atoms with Crippen molar-refractivity contribution in [1.29, 1.82) is 0 Å². The smallest absolute Gasteiger partial charge is 0.422 e. The highest BCUT2D eigenvalue weighted by Crippen LogP contribution is 2.23. The number of hydrogen-bond donors (Lipinski definition) is 2. The highest BCUT2D eigenvalue weighted by atomic mass is 19.4. The van der Waals surface area contributed by atoms with Crippen molar-refractivity contribution in [3.05, 3.63) is 95.8 Å². The Balaban J connectivity index is 1.60. The van der Waals surface area contributed by atoms with E-state index in [1.54, 1.807) is 54.6 Å². The zero-order valence-corrected chi connectivity index (χ0v) is 18.6. The molecule has 0 aliphatic carbocycles. The van der Waals surface area contributed by atoms with Gasteiger partial charge in [0.05, 0.1) is 0 Å². The highest BCUT2D eigenvalue weighted by molar-refractivity contribution is 6.04. The number of hydrogen-bond acceptors (Lipinski definition) is 6. The number of anilines is 2. The van der Waals surface area contributed by atoms with E-state index >= 15 is 0 Å². The number of nitrogens with zero attached hydrogens (tertiary/aromatic N) is 3. The summed E-state index contributed by atoms with van der Waals surface area (Å²) in [5, 5.41) is 5.63. The molecule has 0 unspecified atom stereocenters. The minimum Gasteiger partial charge on any atom is -0.454 e. The van der Waals surface area contributed by atoms with Crippen molar-refractivity contribution in [2.75, 3.05) is 17.2 Å². The molecule has 0 atom stereocenters. The predicted octanol–water partition coefficient (Wildman–Crippen LogP) is 5.48. The van der Waals surface area contributed by atoms with Crippen LogP contribution in [0.1, 0.15) is 15.9 Å². The van der Waals surface area contributed by atoms with Gasteiger partial charge in [0.1, 0.15) is 5.82 Å². The van der Waals surface area contributed by atoms with E-state index in [2.05, 4.69) is 25.6 Å². The van der Waals surface area contributed by atoms with Gasteiger partial charge in [-0.05, 0) is 42.0 Å². The third-order valence-electron chi connectivity index (χ3n) is 4.76. The number of ether oxygens (including phenoxy) is 1. The first-order chi connectivity index (χ1) is 17.2. The van der Waals surface area contributed by atoms with E-state index in [1.807, 2.05) is 6.07 Å². The summed E-state index contributed by atoms with van der Waals surface area (Å²) >= 11 is 0. The van der Waals surface area contributed by atoms with Gasteiger partial charge in [0.2, 0.25) is 5.95 Å². The van der Waals surface area contributed by atoms with Gasteiger partial charge in [0.15, 0.2) is 12.4 Å². The zero-order chi connectivity index (χ0) is 25.5. The number of carbonyl (C=O) groups excluding carboxylic acids is 1. The van der Waals surface area contributed by atoms with E-state index in [-0.39, 0.29) is 29.8 Å². The van der Waals surface area contributed by atoms with Crippen molar-refractivity contribution < 1.29 is 27.1 Å². The number of benzene rings is 3. The minimum absolute atomic E-state index is 0.00172. The molecule has 0 saturated heterocycles. The first-order valence-electron chi connectivity index (χ1n) is 10.7. The molecule has 36 heavy (non-hydrogen) atoms. The number of para-hydroxylation sites is 1. The SMILES string of the molecule is O=C(Nc1ccccc1)c1cccc(-c2nc(NCc3ccc(F)cc3)nc(OCC(F)(F)F)n2)c1. The molecule has 0 aliphatic rings. The molecule has 1 heterocycles. The molecule has 1 amide bonds. The van der Waals surface area contributed by atoms with Crippen LogP contribution in [0.15, 0.2) is 78.9 Å². The third kappa shape index (κ3) is 6.98. The molecule has 184 valence electrons. The van der Waals surface area contributed by atoms with Crippen molar-refractivity contribution in [2.24, 2.45) is 0 Å². The zero-order valence-electron chi connectivity index (χ0n) is 18.6. The topological polar surface area (TPSA) is 89.0 Å². The van der Waals surface area contributed by atoms with Gasteiger partial charge in [-0.15, -0.1) is 0 Å². The summed E-state index contributed by atoms with van der Waals surface area (Å²) in [6, 6.07) is 20.2. The quantitative estimate of drug-likeness (QED) is 0.313. The summed E-state index contributed by atoms with van der Waals surface area (Å²) < 4.78 is 56.0. The van der Waals surface area contributed by atoms with Crippen LogP contribution in [0.2, 0.25) is 0 Å². The maximum absolute atomic E-state index is 13.1. The van der Waals surface area contributed by atoms with Gasteiger partial charge in [-0.2, -0.15) is 28.1 Å². The highest BCUT2D eigenvalue weighted by Gasteiger charge is 2.29. The molecule has 0 saturated carbocycles. The molecular weight excluding hydrogens is 478 g/mol. The van der Waals surface area contributed by atoms with Gasteiger partial charge < -0.3 is 15.4 Å². The van der Waals surface area contributed by atoms with Crippen molar-refractivity contribution >= 4 is 17.5 Å². The monoisotopic (exact) mass is 497 g/mol. The molecular formula is C25H19F4N5O2. The summed E-state index contributed by atoms with van der Waals surface area (Å²) in [6.45, 7) is -1.42. The Morgan fingerprint density at radius 2 is 1.64 bits per heavy atom. The largest absolute Gasteiger partial charge is 0.454 e. The maximum atomic E-state index is 13.1. The lowest BCUT2D eigenvalue weighted by molar-refractivity contribution is -0.154. The average molecular weight is 497 g/mol. The Labute approximate surface area is 203 Å². The first-order valence-corrected chi connectivity index (χ1v) is 10.7. The average Bonchev–Trinajstić information content (AvgIpc) is 2.87. The summed E-state index contributed by atoms with van der Waals surface area (Å²) in [5.41, 5.74) is 1.94. The number of carbonyl (C=O) groups is 1. The fourth-order valence-corrected chi connectivity index (χ4v) is 3.08. The van der Waals surface area contributed by atoms with Crippen LogP contribution in [-0.4, -0.2) is 33.6 Å². The lowest BCUT2D eigenvalue weighted by atomic mass is 10.1. The molecule has 2 N–H and O–H groups in total. The number of rotatable bonds is 8. The van der Waals surface area contributed by atoms with E-state index in [4.69, 9.17) is 4.74 Å². The molecule has 1 aromatic heterocycles. The molecule has 0 bridgehead atoms. The summed E-state index contributed by atoms with van der Waals surface area (Å²) in [5.74, 6) is -0.848. The Morgan fingerprint density at radius 1 is 0.889 bits per heavy atom. The molecule has 0 aliphatic heterocycles. The van der Waals surface area contributed by atoms with Crippen LogP contribution >= 0.6 is 0 Å². The van der Waals surface area contributed by atoms with Crippen LogP contribution in [0.4, 0.5) is 29.2 Å². The number of nitrogens with one attached hydrogen (secondary N) is 2. The van der Waals surface area contributed by atoms with Crippen molar-refractivity contribution in [1.82, 2.24) is 15.0 Å². The molecule has 3 aromatic carbocycles. The maximum Gasteiger partial charge on any atom is 0.422 e. The van der Waals surface area contributed by atoms with Gasteiger partial charge in [0.25, 0.3) is 5.91 Å². The molecule has 0 spiro atoms. The third-order valence-corrected chi connectivity index (χ3v) is 4.76. The standard InChI is InChI=1S/C25H19F4N5O2/c26-19-11-9-16(10-12-19)14-30-23-32-21(33-24(34-23)36-15-25(27,28)29)17-5-4-6-18(13-17)22(35)31-20-7-2-1-3-8-20/h1-13H,14-15H2,(H,31,35)(H,30,32,33,34). The predicted molar refractivity (Wildman–Crippen MR) is 125 cm³/mol. The van der Waals surface area contributed by atoms with Crippen LogP contribution in [0.25, 0.3) is 11.4 Å². The van der Waals surface area contributed by atoms with Gasteiger partial charge in [0, 0.05) is 23.4 Å². The minimum atomic E-state index is -4.59. The van der Waals surface area contributed by atoms with Crippen LogP contribution in [0, 0.1) is 5.82 Å². The molecule has 7 nitrogen and oxygen atoms in total. The molecule has 0 fully saturated rings. The normalized spacial score (nSPS) is 11.1. The van der Waals surface area contributed by atoms with E-state index in [0.717, 1.165) is 0 Å². The van der Waals surface area contributed by atoms with E-state index in [9.17, 15) is 22.4 Å². The van der Waals surface area contributed by atoms with E-state index in [0.29, 0.717) is 16.8 Å². The van der Waals surface area contributed by atoms with Crippen LogP contribution in [-0.2, 0) is 6.54 Å². The Hall–Kier alpha value is -4.54.